The predicted molar refractivity (Wildman–Crippen MR) is 91.8 cm³/mol. The SMILES string of the molecule is Cc1ccc(C(O)C(O)CNC(=O)OCc2ccccc2)c(Cl)c1. The lowest BCUT2D eigenvalue weighted by molar-refractivity contribution is 0.0184. The number of carbonyl (C=O) groups excluding carboxylic acids is 1. The van der Waals surface area contributed by atoms with Crippen LogP contribution in [0.25, 0.3) is 0 Å². The Kier molecular flexibility index (Phi) is 6.61. The number of halogens is 1. The second kappa shape index (κ2) is 8.68. The molecule has 2 aromatic rings. The van der Waals surface area contributed by atoms with Gasteiger partial charge in [0, 0.05) is 17.1 Å². The van der Waals surface area contributed by atoms with Crippen molar-refractivity contribution in [1.82, 2.24) is 5.32 Å². The molecule has 128 valence electrons. The van der Waals surface area contributed by atoms with E-state index in [1.54, 1.807) is 18.2 Å². The molecule has 5 nitrogen and oxygen atoms in total. The van der Waals surface area contributed by atoms with Gasteiger partial charge in [-0.1, -0.05) is 54.1 Å². The molecular weight excluding hydrogens is 330 g/mol. The summed E-state index contributed by atoms with van der Waals surface area (Å²) >= 11 is 6.07. The van der Waals surface area contributed by atoms with Gasteiger partial charge in [-0.2, -0.15) is 0 Å². The summed E-state index contributed by atoms with van der Waals surface area (Å²) < 4.78 is 5.03. The highest BCUT2D eigenvalue weighted by molar-refractivity contribution is 6.31. The number of hydrogen-bond donors (Lipinski definition) is 3. The molecule has 6 heteroatoms. The number of alkyl carbamates (subject to hydrolysis) is 1. The highest BCUT2D eigenvalue weighted by Gasteiger charge is 2.21. The highest BCUT2D eigenvalue weighted by Crippen LogP contribution is 2.26. The van der Waals surface area contributed by atoms with Crippen molar-refractivity contribution in [1.29, 1.82) is 0 Å². The van der Waals surface area contributed by atoms with E-state index in [2.05, 4.69) is 5.32 Å². The minimum atomic E-state index is -1.20. The summed E-state index contributed by atoms with van der Waals surface area (Å²) in [6.45, 7) is 1.86. The Balaban J connectivity index is 1.81. The average Bonchev–Trinajstić information content (AvgIpc) is 2.58. The van der Waals surface area contributed by atoms with E-state index in [0.29, 0.717) is 10.6 Å². The summed E-state index contributed by atoms with van der Waals surface area (Å²) in [5, 5.41) is 23.0. The van der Waals surface area contributed by atoms with Crippen molar-refractivity contribution >= 4 is 17.7 Å². The first-order chi connectivity index (χ1) is 11.5. The zero-order valence-corrected chi connectivity index (χ0v) is 14.0. The molecule has 0 radical (unpaired) electrons. The average molecular weight is 350 g/mol. The normalized spacial score (nSPS) is 13.2. The minimum absolute atomic E-state index is 0.134. The maximum absolute atomic E-state index is 11.6. The lowest BCUT2D eigenvalue weighted by atomic mass is 10.0. The van der Waals surface area contributed by atoms with Crippen molar-refractivity contribution < 1.29 is 19.7 Å². The molecule has 0 heterocycles. The fourth-order valence-electron chi connectivity index (χ4n) is 2.15. The van der Waals surface area contributed by atoms with E-state index < -0.39 is 18.3 Å². The third kappa shape index (κ3) is 5.23. The van der Waals surface area contributed by atoms with Crippen LogP contribution in [0.2, 0.25) is 5.02 Å². The summed E-state index contributed by atoms with van der Waals surface area (Å²) in [6.07, 6.45) is -3.07. The molecule has 2 aromatic carbocycles. The molecule has 0 aliphatic heterocycles. The Bertz CT molecular complexity index is 678. The van der Waals surface area contributed by atoms with E-state index in [4.69, 9.17) is 16.3 Å². The maximum atomic E-state index is 11.6. The predicted octanol–water partition coefficient (Wildman–Crippen LogP) is 2.97. The first-order valence-electron chi connectivity index (χ1n) is 7.54. The van der Waals surface area contributed by atoms with Crippen molar-refractivity contribution in [3.05, 3.63) is 70.2 Å². The summed E-state index contributed by atoms with van der Waals surface area (Å²) in [5.41, 5.74) is 2.22. The Morgan fingerprint density at radius 3 is 2.58 bits per heavy atom. The van der Waals surface area contributed by atoms with E-state index in [9.17, 15) is 15.0 Å². The van der Waals surface area contributed by atoms with Crippen LogP contribution >= 0.6 is 11.6 Å². The van der Waals surface area contributed by atoms with Crippen LogP contribution in [0.4, 0.5) is 4.79 Å². The van der Waals surface area contributed by atoms with Gasteiger partial charge in [-0.25, -0.2) is 4.79 Å². The van der Waals surface area contributed by atoms with E-state index >= 15 is 0 Å². The van der Waals surface area contributed by atoms with E-state index in [0.717, 1.165) is 11.1 Å². The largest absolute Gasteiger partial charge is 0.445 e. The molecule has 0 aromatic heterocycles. The third-order valence-electron chi connectivity index (χ3n) is 3.51. The van der Waals surface area contributed by atoms with Crippen LogP contribution < -0.4 is 5.32 Å². The molecule has 2 rings (SSSR count). The minimum Gasteiger partial charge on any atom is -0.445 e. The van der Waals surface area contributed by atoms with Crippen LogP contribution in [0.3, 0.4) is 0 Å². The molecule has 0 fully saturated rings. The summed E-state index contributed by atoms with van der Waals surface area (Å²) in [7, 11) is 0. The fourth-order valence-corrected chi connectivity index (χ4v) is 2.50. The van der Waals surface area contributed by atoms with Gasteiger partial charge in [0.2, 0.25) is 0 Å². The van der Waals surface area contributed by atoms with Crippen LogP contribution in [0.5, 0.6) is 0 Å². The van der Waals surface area contributed by atoms with Gasteiger partial charge in [0.05, 0.1) is 0 Å². The Morgan fingerprint density at radius 2 is 1.92 bits per heavy atom. The lowest BCUT2D eigenvalue weighted by Crippen LogP contribution is -2.35. The molecule has 0 spiro atoms. The topological polar surface area (TPSA) is 78.8 Å². The lowest BCUT2D eigenvalue weighted by Gasteiger charge is -2.19. The Morgan fingerprint density at radius 1 is 1.21 bits per heavy atom. The van der Waals surface area contributed by atoms with Gasteiger partial charge in [-0.15, -0.1) is 0 Å². The molecule has 0 bridgehead atoms. The number of hydrogen-bond acceptors (Lipinski definition) is 4. The summed E-state index contributed by atoms with van der Waals surface area (Å²) in [4.78, 5) is 11.6. The molecular formula is C18H20ClNO4. The highest BCUT2D eigenvalue weighted by atomic mass is 35.5. The number of aliphatic hydroxyl groups is 2. The van der Waals surface area contributed by atoms with Gasteiger partial charge in [-0.3, -0.25) is 0 Å². The standard InChI is InChI=1S/C18H20ClNO4/c1-12-7-8-14(15(19)9-12)17(22)16(21)10-20-18(23)24-11-13-5-3-2-4-6-13/h2-9,16-17,21-22H,10-11H2,1H3,(H,20,23). The molecule has 2 atom stereocenters. The number of aliphatic hydroxyl groups excluding tert-OH is 2. The Hall–Kier alpha value is -2.08. The van der Waals surface area contributed by atoms with Crippen LogP contribution in [0, 0.1) is 6.92 Å². The van der Waals surface area contributed by atoms with Crippen LogP contribution in [0.15, 0.2) is 48.5 Å². The third-order valence-corrected chi connectivity index (χ3v) is 3.83. The van der Waals surface area contributed by atoms with E-state index in [-0.39, 0.29) is 13.2 Å². The van der Waals surface area contributed by atoms with Gasteiger partial charge in [0.15, 0.2) is 0 Å². The molecule has 0 saturated carbocycles. The summed E-state index contributed by atoms with van der Waals surface area (Å²) in [5.74, 6) is 0. The molecule has 0 saturated heterocycles. The van der Waals surface area contributed by atoms with Gasteiger partial charge < -0.3 is 20.3 Å². The number of aryl methyl sites for hydroxylation is 1. The number of rotatable bonds is 6. The number of ether oxygens (including phenoxy) is 1. The Labute approximate surface area is 145 Å². The van der Waals surface area contributed by atoms with Crippen molar-refractivity contribution in [2.45, 2.75) is 25.7 Å². The van der Waals surface area contributed by atoms with Crippen molar-refractivity contribution in [2.75, 3.05) is 6.54 Å². The zero-order valence-electron chi connectivity index (χ0n) is 13.3. The molecule has 0 aliphatic rings. The second-order valence-electron chi connectivity index (χ2n) is 5.48. The van der Waals surface area contributed by atoms with Crippen LogP contribution in [-0.2, 0) is 11.3 Å². The molecule has 3 N–H and O–H groups in total. The van der Waals surface area contributed by atoms with Crippen LogP contribution in [-0.4, -0.2) is 29.0 Å². The van der Waals surface area contributed by atoms with Crippen molar-refractivity contribution in [3.63, 3.8) is 0 Å². The van der Waals surface area contributed by atoms with Crippen LogP contribution in [0.1, 0.15) is 22.8 Å². The van der Waals surface area contributed by atoms with E-state index in [1.807, 2.05) is 37.3 Å². The number of nitrogens with one attached hydrogen (secondary N) is 1. The first kappa shape index (κ1) is 18.3. The number of amides is 1. The quantitative estimate of drug-likeness (QED) is 0.749. The molecule has 24 heavy (non-hydrogen) atoms. The zero-order chi connectivity index (χ0) is 17.5. The number of benzene rings is 2. The fraction of sp³-hybridized carbons (Fsp3) is 0.278. The molecule has 2 unspecified atom stereocenters. The van der Waals surface area contributed by atoms with Gasteiger partial charge in [-0.05, 0) is 24.1 Å². The maximum Gasteiger partial charge on any atom is 0.407 e. The monoisotopic (exact) mass is 349 g/mol. The van der Waals surface area contributed by atoms with Gasteiger partial charge in [0.25, 0.3) is 0 Å². The van der Waals surface area contributed by atoms with E-state index in [1.165, 1.54) is 0 Å². The summed E-state index contributed by atoms with van der Waals surface area (Å²) in [6, 6.07) is 14.4. The molecule has 1 amide bonds. The van der Waals surface area contributed by atoms with Crippen molar-refractivity contribution in [3.8, 4) is 0 Å². The smallest absolute Gasteiger partial charge is 0.407 e. The second-order valence-corrected chi connectivity index (χ2v) is 5.89. The van der Waals surface area contributed by atoms with Crippen molar-refractivity contribution in [2.24, 2.45) is 0 Å². The van der Waals surface area contributed by atoms with Gasteiger partial charge >= 0.3 is 6.09 Å². The van der Waals surface area contributed by atoms with Gasteiger partial charge in [0.1, 0.15) is 18.8 Å². The molecule has 0 aliphatic carbocycles. The number of carbonyl (C=O) groups is 1. The first-order valence-corrected chi connectivity index (χ1v) is 7.92.